The summed E-state index contributed by atoms with van der Waals surface area (Å²) in [6.07, 6.45) is -7.12. The van der Waals surface area contributed by atoms with E-state index in [0.717, 1.165) is 25.3 Å². The number of rotatable bonds is 12. The summed E-state index contributed by atoms with van der Waals surface area (Å²) in [7, 11) is -20.9. The number of nitrogens with zero attached hydrogens (tertiary/aromatic N) is 6. The van der Waals surface area contributed by atoms with Gasteiger partial charge in [-0.15, -0.1) is 0 Å². The Hall–Kier alpha value is -3.02. The molecule has 30 nitrogen and oxygen atoms in total. The molecule has 2 unspecified atom stereocenters. The molecule has 0 aliphatic carbocycles. The van der Waals surface area contributed by atoms with E-state index in [9.17, 15) is 58.1 Å². The monoisotopic (exact) mass is 856 g/mol. The average molecular weight is 856 g/mol. The van der Waals surface area contributed by atoms with Crippen molar-refractivity contribution in [1.82, 2.24) is 39.0 Å². The van der Waals surface area contributed by atoms with Gasteiger partial charge in [-0.2, -0.15) is 8.62 Å². The normalized spacial score (nSPS) is 28.5. The number of hydrogen-bond acceptors (Lipinski definition) is 20. The summed E-state index contributed by atoms with van der Waals surface area (Å²) in [5, 5.41) is 40.4. The number of imidazole rings is 2. The van der Waals surface area contributed by atoms with E-state index in [1.54, 1.807) is 0 Å². The van der Waals surface area contributed by atoms with Crippen molar-refractivity contribution in [2.75, 3.05) is 13.2 Å². The van der Waals surface area contributed by atoms with Gasteiger partial charge >= 0.3 is 31.3 Å². The number of phosphoric acid groups is 4. The number of hydrogen-bond donors (Lipinski definition) is 12. The Bertz CT molecular complexity index is 2130. The number of aliphatic hydroxyl groups is 4. The minimum absolute atomic E-state index is 0.0441. The van der Waals surface area contributed by atoms with Crippen LogP contribution in [0.3, 0.4) is 0 Å². The molecule has 300 valence electrons. The SMILES string of the molecule is O=c1[nH]cnc2c1ncn2[C@@H]1O[C@H](COP(=O)(O)OP(=O)(O)O)[C@@H](O)[C@H]1O.O=c1[nH]cnc2c1ncn2[C@@H]1O[C@H](COP(=O)(O)OP(=O)(O)O)[C@@H](O)[C@H]1O. The summed E-state index contributed by atoms with van der Waals surface area (Å²) in [4.78, 5) is 96.1. The molecule has 2 saturated heterocycles. The van der Waals surface area contributed by atoms with Crippen LogP contribution in [0.15, 0.2) is 34.9 Å². The molecule has 4 aromatic heterocycles. The van der Waals surface area contributed by atoms with E-state index in [-0.39, 0.29) is 22.3 Å². The van der Waals surface area contributed by atoms with Gasteiger partial charge in [0.25, 0.3) is 11.1 Å². The highest BCUT2D eigenvalue weighted by Crippen LogP contribution is 2.58. The standard InChI is InChI=1S/2C10H14N4O11P2/c2*15-6-4(1-23-27(21,22)25-26(18,19)20)24-10(7(6)16)14-3-13-5-8(14)11-2-12-9(5)17/h2*2-4,6-7,10,15-16H,1H2,(H,21,22)(H,11,12,17)(H2,18,19,20)/t2*4-,6-,7-,10-/m11/s1. The van der Waals surface area contributed by atoms with Crippen LogP contribution in [0.2, 0.25) is 0 Å². The zero-order chi connectivity index (χ0) is 40.0. The van der Waals surface area contributed by atoms with E-state index >= 15 is 0 Å². The maximum Gasteiger partial charge on any atom is 0.481 e. The van der Waals surface area contributed by atoms with Gasteiger partial charge in [0, 0.05) is 0 Å². The summed E-state index contributed by atoms with van der Waals surface area (Å²) in [5.41, 5.74) is -1.07. The van der Waals surface area contributed by atoms with Crippen LogP contribution < -0.4 is 11.1 Å². The third-order valence-corrected chi connectivity index (χ3v) is 11.5. The molecule has 10 atom stereocenters. The number of aliphatic hydroxyl groups excluding tert-OH is 4. The lowest BCUT2D eigenvalue weighted by atomic mass is 10.1. The van der Waals surface area contributed by atoms with E-state index < -0.39 is 105 Å². The predicted molar refractivity (Wildman–Crippen MR) is 166 cm³/mol. The molecular formula is C20H28N8O22P4. The molecule has 2 fully saturated rings. The first-order chi connectivity index (χ1) is 25.0. The first-order valence-electron chi connectivity index (χ1n) is 14.3. The number of nitrogens with one attached hydrogen (secondary N) is 2. The van der Waals surface area contributed by atoms with E-state index in [4.69, 9.17) is 29.0 Å². The second kappa shape index (κ2) is 15.8. The van der Waals surface area contributed by atoms with Gasteiger partial charge < -0.3 is 69.2 Å². The minimum atomic E-state index is -5.30. The molecule has 0 spiro atoms. The van der Waals surface area contributed by atoms with Gasteiger partial charge in [0.05, 0.1) is 38.5 Å². The van der Waals surface area contributed by atoms with E-state index in [0.29, 0.717) is 0 Å². The van der Waals surface area contributed by atoms with Crippen LogP contribution in [-0.4, -0.2) is 139 Å². The third kappa shape index (κ3) is 9.85. The Labute approximate surface area is 296 Å². The topological polar surface area (TPSA) is 453 Å². The molecule has 0 bridgehead atoms. The number of aromatic nitrogens is 8. The Morgan fingerprint density at radius 1 is 0.611 bits per heavy atom. The van der Waals surface area contributed by atoms with Gasteiger partial charge in [0.15, 0.2) is 34.8 Å². The molecule has 54 heavy (non-hydrogen) atoms. The number of phosphoric ester groups is 2. The van der Waals surface area contributed by atoms with Crippen molar-refractivity contribution >= 4 is 53.6 Å². The van der Waals surface area contributed by atoms with E-state index in [1.165, 1.54) is 9.13 Å². The number of H-pyrrole nitrogens is 2. The van der Waals surface area contributed by atoms with Gasteiger partial charge in [-0.1, -0.05) is 0 Å². The van der Waals surface area contributed by atoms with Crippen molar-refractivity contribution in [1.29, 1.82) is 0 Å². The minimum Gasteiger partial charge on any atom is -0.387 e. The van der Waals surface area contributed by atoms with Crippen molar-refractivity contribution in [3.8, 4) is 0 Å². The molecular weight excluding hydrogens is 828 g/mol. The highest BCUT2D eigenvalue weighted by Gasteiger charge is 2.47. The fraction of sp³-hybridized carbons (Fsp3) is 0.500. The van der Waals surface area contributed by atoms with Crippen molar-refractivity contribution in [3.05, 3.63) is 46.0 Å². The molecule has 6 heterocycles. The van der Waals surface area contributed by atoms with E-state index in [1.807, 2.05) is 0 Å². The van der Waals surface area contributed by atoms with Gasteiger partial charge in [-0.05, 0) is 0 Å². The lowest BCUT2D eigenvalue weighted by molar-refractivity contribution is -0.0503. The van der Waals surface area contributed by atoms with Gasteiger partial charge in [0.1, 0.15) is 36.6 Å². The Kier molecular flexibility index (Phi) is 12.4. The summed E-state index contributed by atoms with van der Waals surface area (Å²) in [6.45, 7) is -1.69. The zero-order valence-corrected chi connectivity index (χ0v) is 29.8. The zero-order valence-electron chi connectivity index (χ0n) is 26.2. The first-order valence-corrected chi connectivity index (χ1v) is 20.3. The van der Waals surface area contributed by atoms with Crippen LogP contribution in [0.4, 0.5) is 0 Å². The molecule has 0 saturated carbocycles. The fourth-order valence-corrected chi connectivity index (χ4v) is 8.14. The highest BCUT2D eigenvalue weighted by molar-refractivity contribution is 7.61. The molecule has 6 rings (SSSR count). The largest absolute Gasteiger partial charge is 0.481 e. The Morgan fingerprint density at radius 2 is 0.963 bits per heavy atom. The van der Waals surface area contributed by atoms with Crippen LogP contribution in [0.1, 0.15) is 12.5 Å². The molecule has 2 aliphatic rings. The summed E-state index contributed by atoms with van der Waals surface area (Å²) >= 11 is 0. The second-order valence-corrected chi connectivity index (χ2v) is 16.5. The number of aromatic amines is 2. The van der Waals surface area contributed by atoms with Gasteiger partial charge in [-0.3, -0.25) is 27.8 Å². The fourth-order valence-electron chi connectivity index (χ4n) is 4.94. The average Bonchev–Trinajstić information content (AvgIpc) is 3.80. The quantitative estimate of drug-likeness (QED) is 0.0603. The van der Waals surface area contributed by atoms with Gasteiger partial charge in [-0.25, -0.2) is 38.2 Å². The molecule has 4 aromatic rings. The Balaban J connectivity index is 0.000000208. The maximum atomic E-state index is 11.7. The van der Waals surface area contributed by atoms with Crippen LogP contribution >= 0.6 is 31.3 Å². The van der Waals surface area contributed by atoms with Crippen molar-refractivity contribution in [2.24, 2.45) is 0 Å². The van der Waals surface area contributed by atoms with Crippen LogP contribution in [0.25, 0.3) is 22.3 Å². The highest BCUT2D eigenvalue weighted by atomic mass is 31.3. The lowest BCUT2D eigenvalue weighted by Crippen LogP contribution is -2.33. The number of ether oxygens (including phenoxy) is 2. The summed E-state index contributed by atoms with van der Waals surface area (Å²) in [6, 6.07) is 0. The molecule has 0 radical (unpaired) electrons. The van der Waals surface area contributed by atoms with Crippen LogP contribution in [0.5, 0.6) is 0 Å². The van der Waals surface area contributed by atoms with Crippen molar-refractivity contribution in [3.63, 3.8) is 0 Å². The first kappa shape index (κ1) is 42.1. The van der Waals surface area contributed by atoms with Crippen molar-refractivity contribution in [2.45, 2.75) is 49.1 Å². The molecule has 2 aliphatic heterocycles. The summed E-state index contributed by atoms with van der Waals surface area (Å²) < 4.78 is 73.2. The molecule has 34 heteroatoms. The Morgan fingerprint density at radius 3 is 1.30 bits per heavy atom. The smallest absolute Gasteiger partial charge is 0.387 e. The van der Waals surface area contributed by atoms with Crippen LogP contribution in [0, 0.1) is 0 Å². The van der Waals surface area contributed by atoms with Crippen molar-refractivity contribution < 1.29 is 95.2 Å². The number of fused-ring (bicyclic) bond motifs is 2. The van der Waals surface area contributed by atoms with Gasteiger partial charge in [0.2, 0.25) is 0 Å². The second-order valence-electron chi connectivity index (χ2n) is 10.9. The summed E-state index contributed by atoms with van der Waals surface area (Å²) in [5.74, 6) is 0. The maximum absolute atomic E-state index is 11.7. The molecule has 0 amide bonds. The van der Waals surface area contributed by atoms with Crippen LogP contribution in [-0.2, 0) is 45.4 Å². The molecule has 12 N–H and O–H groups in total. The lowest BCUT2D eigenvalue weighted by Gasteiger charge is -2.17. The predicted octanol–water partition coefficient (Wildman–Crippen LogP) is -4.07. The van der Waals surface area contributed by atoms with E-state index in [2.05, 4.69) is 47.6 Å². The molecule has 0 aromatic carbocycles. The third-order valence-electron chi connectivity index (χ3n) is 7.18.